The van der Waals surface area contributed by atoms with Crippen molar-refractivity contribution in [3.8, 4) is 0 Å². The zero-order valence-electron chi connectivity index (χ0n) is 14.6. The second kappa shape index (κ2) is 4.97. The fraction of sp³-hybridized carbons (Fsp3) is 0.895. The maximum Gasteiger partial charge on any atom is 0.310 e. The molecule has 0 aromatic rings. The molecule has 0 aromatic heterocycles. The van der Waals surface area contributed by atoms with Crippen molar-refractivity contribution in [2.24, 2.45) is 41.4 Å². The van der Waals surface area contributed by atoms with Crippen molar-refractivity contribution in [1.82, 2.24) is 0 Å². The fourth-order valence-electron chi connectivity index (χ4n) is 6.36. The van der Waals surface area contributed by atoms with Gasteiger partial charge >= 0.3 is 11.9 Å². The summed E-state index contributed by atoms with van der Waals surface area (Å²) in [6.07, 6.45) is 3.85. The van der Waals surface area contributed by atoms with E-state index in [0.717, 1.165) is 25.7 Å². The molecule has 4 rings (SSSR count). The molecule has 4 aliphatic rings. The number of esters is 2. The Morgan fingerprint density at radius 1 is 1.26 bits per heavy atom. The maximum absolute atomic E-state index is 12.3. The van der Waals surface area contributed by atoms with Crippen LogP contribution in [0.1, 0.15) is 53.4 Å². The van der Waals surface area contributed by atoms with Crippen molar-refractivity contribution in [3.05, 3.63) is 0 Å². The molecule has 0 spiro atoms. The third kappa shape index (κ3) is 1.96. The summed E-state index contributed by atoms with van der Waals surface area (Å²) in [6, 6.07) is 0. The molecule has 4 nitrogen and oxygen atoms in total. The van der Waals surface area contributed by atoms with Gasteiger partial charge in [-0.2, -0.15) is 0 Å². The summed E-state index contributed by atoms with van der Waals surface area (Å²) in [7, 11) is 0. The zero-order valence-corrected chi connectivity index (χ0v) is 14.6. The van der Waals surface area contributed by atoms with E-state index < -0.39 is 0 Å². The van der Waals surface area contributed by atoms with Crippen molar-refractivity contribution in [1.29, 1.82) is 0 Å². The normalized spacial score (nSPS) is 45.4. The third-order valence-electron chi connectivity index (χ3n) is 7.31. The van der Waals surface area contributed by atoms with Gasteiger partial charge in [0.05, 0.1) is 11.8 Å². The van der Waals surface area contributed by atoms with E-state index in [1.807, 2.05) is 27.7 Å². The average Bonchev–Trinajstić information content (AvgIpc) is 2.98. The molecule has 4 fully saturated rings. The predicted octanol–water partition coefficient (Wildman–Crippen LogP) is 3.19. The first-order valence-electron chi connectivity index (χ1n) is 9.32. The summed E-state index contributed by atoms with van der Waals surface area (Å²) in [5.41, 5.74) is -0.350. The van der Waals surface area contributed by atoms with Crippen LogP contribution in [0.25, 0.3) is 0 Å². The van der Waals surface area contributed by atoms with Crippen LogP contribution in [0, 0.1) is 41.4 Å². The number of carbonyl (C=O) groups excluding carboxylic acids is 2. The van der Waals surface area contributed by atoms with Gasteiger partial charge in [-0.25, -0.2) is 0 Å². The van der Waals surface area contributed by atoms with Crippen LogP contribution in [-0.4, -0.2) is 23.6 Å². The lowest BCUT2D eigenvalue weighted by Gasteiger charge is -2.53. The first-order chi connectivity index (χ1) is 10.9. The molecule has 1 heterocycles. The Kier molecular flexibility index (Phi) is 3.34. The highest BCUT2D eigenvalue weighted by atomic mass is 16.6. The number of rotatable bonds is 4. The quantitative estimate of drug-likeness (QED) is 0.747. The molecule has 0 radical (unpaired) electrons. The summed E-state index contributed by atoms with van der Waals surface area (Å²) in [6.45, 7) is 8.19. The van der Waals surface area contributed by atoms with Gasteiger partial charge in [-0.3, -0.25) is 9.59 Å². The first kappa shape index (κ1) is 15.5. The van der Waals surface area contributed by atoms with Crippen LogP contribution in [0.4, 0.5) is 0 Å². The Morgan fingerprint density at radius 2 is 1.96 bits per heavy atom. The standard InChI is InChI=1S/C19H28O4/c1-5-9(6-2)17(20)22-12-8-10-7-11(12)14-13(10)15-16(14)19(3,4)23-18(15)21/h9-16H,5-8H2,1-4H3. The lowest BCUT2D eigenvalue weighted by atomic mass is 9.49. The van der Waals surface area contributed by atoms with Gasteiger partial charge in [-0.15, -0.1) is 0 Å². The van der Waals surface area contributed by atoms with Crippen LogP contribution < -0.4 is 0 Å². The third-order valence-corrected chi connectivity index (χ3v) is 7.31. The Hall–Kier alpha value is -1.06. The molecule has 0 N–H and O–H groups in total. The van der Waals surface area contributed by atoms with Gasteiger partial charge in [-0.1, -0.05) is 13.8 Å². The minimum absolute atomic E-state index is 0.0133. The second-order valence-corrected chi connectivity index (χ2v) is 8.61. The van der Waals surface area contributed by atoms with Crippen LogP contribution in [-0.2, 0) is 19.1 Å². The van der Waals surface area contributed by atoms with Gasteiger partial charge in [0, 0.05) is 5.92 Å². The summed E-state index contributed by atoms with van der Waals surface area (Å²) >= 11 is 0. The van der Waals surface area contributed by atoms with Gasteiger partial charge in [-0.05, 0) is 63.2 Å². The Bertz CT molecular complexity index is 535. The van der Waals surface area contributed by atoms with E-state index >= 15 is 0 Å². The summed E-state index contributed by atoms with van der Waals surface area (Å²) in [4.78, 5) is 24.5. The van der Waals surface area contributed by atoms with E-state index in [1.54, 1.807) is 0 Å². The van der Waals surface area contributed by atoms with Crippen molar-refractivity contribution < 1.29 is 19.1 Å². The van der Waals surface area contributed by atoms with E-state index in [4.69, 9.17) is 9.47 Å². The van der Waals surface area contributed by atoms with Gasteiger partial charge in [0.2, 0.25) is 0 Å². The molecule has 0 aromatic carbocycles. The average molecular weight is 320 g/mol. The van der Waals surface area contributed by atoms with Gasteiger partial charge in [0.1, 0.15) is 11.7 Å². The fourth-order valence-corrected chi connectivity index (χ4v) is 6.36. The van der Waals surface area contributed by atoms with Crippen molar-refractivity contribution in [2.45, 2.75) is 65.1 Å². The SMILES string of the molecule is CCC(CC)C(=O)OC1CC2CC1C1C2C2C(=O)OC(C)(C)C21. The minimum atomic E-state index is -0.350. The Labute approximate surface area is 138 Å². The second-order valence-electron chi connectivity index (χ2n) is 8.61. The number of cyclic esters (lactones) is 1. The topological polar surface area (TPSA) is 52.6 Å². The number of fused-ring (bicyclic) bond motifs is 8. The van der Waals surface area contributed by atoms with Crippen molar-refractivity contribution >= 4 is 11.9 Å². The van der Waals surface area contributed by atoms with E-state index in [2.05, 4.69) is 0 Å². The lowest BCUT2D eigenvalue weighted by molar-refractivity contribution is -0.168. The molecule has 7 atom stereocenters. The summed E-state index contributed by atoms with van der Waals surface area (Å²) in [5.74, 6) is 2.46. The Morgan fingerprint density at radius 3 is 2.61 bits per heavy atom. The van der Waals surface area contributed by atoms with Crippen LogP contribution in [0.3, 0.4) is 0 Å². The molecular formula is C19H28O4. The minimum Gasteiger partial charge on any atom is -0.462 e. The largest absolute Gasteiger partial charge is 0.462 e. The van der Waals surface area contributed by atoms with E-state index in [1.165, 1.54) is 0 Å². The predicted molar refractivity (Wildman–Crippen MR) is 84.3 cm³/mol. The molecule has 1 saturated heterocycles. The molecule has 7 unspecified atom stereocenters. The molecule has 4 heteroatoms. The van der Waals surface area contributed by atoms with Gasteiger partial charge < -0.3 is 9.47 Å². The molecule has 2 bridgehead atoms. The molecule has 23 heavy (non-hydrogen) atoms. The number of ether oxygens (including phenoxy) is 2. The molecule has 1 aliphatic heterocycles. The van der Waals surface area contributed by atoms with Crippen molar-refractivity contribution in [3.63, 3.8) is 0 Å². The number of hydrogen-bond donors (Lipinski definition) is 0. The number of carbonyl (C=O) groups is 2. The number of hydrogen-bond acceptors (Lipinski definition) is 4. The monoisotopic (exact) mass is 320 g/mol. The van der Waals surface area contributed by atoms with Crippen LogP contribution in [0.2, 0.25) is 0 Å². The zero-order chi connectivity index (χ0) is 16.5. The highest BCUT2D eigenvalue weighted by Gasteiger charge is 2.74. The van der Waals surface area contributed by atoms with E-state index in [0.29, 0.717) is 29.6 Å². The van der Waals surface area contributed by atoms with Crippen LogP contribution in [0.15, 0.2) is 0 Å². The maximum atomic E-state index is 12.3. The highest BCUT2D eigenvalue weighted by molar-refractivity contribution is 5.78. The van der Waals surface area contributed by atoms with Crippen LogP contribution >= 0.6 is 0 Å². The lowest BCUT2D eigenvalue weighted by Crippen LogP contribution is -2.57. The smallest absolute Gasteiger partial charge is 0.310 e. The van der Waals surface area contributed by atoms with E-state index in [9.17, 15) is 9.59 Å². The molecule has 0 amide bonds. The molecule has 3 aliphatic carbocycles. The summed E-state index contributed by atoms with van der Waals surface area (Å²) < 4.78 is 11.6. The first-order valence-corrected chi connectivity index (χ1v) is 9.32. The van der Waals surface area contributed by atoms with Gasteiger partial charge in [0.25, 0.3) is 0 Å². The molecule has 3 saturated carbocycles. The Balaban J connectivity index is 1.49. The highest BCUT2D eigenvalue weighted by Crippen LogP contribution is 2.71. The van der Waals surface area contributed by atoms with Crippen molar-refractivity contribution in [2.75, 3.05) is 0 Å². The molecular weight excluding hydrogens is 292 g/mol. The van der Waals surface area contributed by atoms with Gasteiger partial charge in [0.15, 0.2) is 0 Å². The van der Waals surface area contributed by atoms with Crippen LogP contribution in [0.5, 0.6) is 0 Å². The molecule has 128 valence electrons. The van der Waals surface area contributed by atoms with E-state index in [-0.39, 0.29) is 35.5 Å². The summed E-state index contributed by atoms with van der Waals surface area (Å²) in [5, 5.41) is 0.